The quantitative estimate of drug-likeness (QED) is 0.320. The van der Waals surface area contributed by atoms with Crippen molar-refractivity contribution in [3.05, 3.63) is 0 Å². The molecular weight excluding hydrogens is 300 g/mol. The second-order valence-corrected chi connectivity index (χ2v) is 2.00. The Labute approximate surface area is 115 Å². The third-order valence-corrected chi connectivity index (χ3v) is 0. The fourth-order valence-corrected chi connectivity index (χ4v) is 0. The van der Waals surface area contributed by atoms with Crippen molar-refractivity contribution in [2.24, 2.45) is 0 Å². The summed E-state index contributed by atoms with van der Waals surface area (Å²) in [6.45, 7) is 0. The maximum atomic E-state index is 8.59. The molecule has 0 aliphatic rings. The Morgan fingerprint density at radius 2 is 0.867 bits per heavy atom. The fourth-order valence-electron chi connectivity index (χ4n) is 0. The van der Waals surface area contributed by atoms with Gasteiger partial charge in [0.1, 0.15) is 0 Å². The zero-order valence-electron chi connectivity index (χ0n) is 6.92. The first-order valence-corrected chi connectivity index (χ1v) is 6.22. The van der Waals surface area contributed by atoms with E-state index in [1.165, 1.54) is 0 Å². The molecule has 0 aromatic carbocycles. The fraction of sp³-hybridized carbons (Fsp3) is 0. The maximum absolute atomic E-state index is 8.59. The van der Waals surface area contributed by atoms with Crippen molar-refractivity contribution >= 4 is 70.5 Å². The van der Waals surface area contributed by atoms with E-state index < -0.39 is 47.5 Å². The predicted molar refractivity (Wildman–Crippen MR) is 38.3 cm³/mol. The van der Waals surface area contributed by atoms with E-state index in [1.807, 2.05) is 0 Å². The van der Waals surface area contributed by atoms with Gasteiger partial charge in [-0.2, -0.15) is 9.79 Å². The average molecular weight is 302 g/mol. The minimum atomic E-state index is -3.12. The van der Waals surface area contributed by atoms with Crippen LogP contribution in [0.25, 0.3) is 0 Å². The molecule has 0 saturated heterocycles. The topological polar surface area (TPSA) is 201 Å². The van der Waals surface area contributed by atoms with E-state index in [1.54, 1.807) is 0 Å². The van der Waals surface area contributed by atoms with Crippen LogP contribution in [0.1, 0.15) is 0 Å². The Hall–Kier alpha value is 1.07. The summed E-state index contributed by atoms with van der Waals surface area (Å²) in [6, 6.07) is 0. The van der Waals surface area contributed by atoms with E-state index in [0.29, 0.717) is 0 Å². The molecule has 2 atom stereocenters. The van der Waals surface area contributed by atoms with Gasteiger partial charge in [-0.3, -0.25) is 0 Å². The average Bonchev–Trinajstić information content (AvgIpc) is 1.85. The molecule has 0 heterocycles. The third-order valence-electron chi connectivity index (χ3n) is 0. The Morgan fingerprint density at radius 3 is 0.867 bits per heavy atom. The van der Waals surface area contributed by atoms with Crippen LogP contribution in [0, 0.1) is 0 Å². The van der Waals surface area contributed by atoms with Gasteiger partial charge in [-0.25, -0.2) is 0 Å². The van der Waals surface area contributed by atoms with E-state index >= 15 is 0 Å². The van der Waals surface area contributed by atoms with Gasteiger partial charge in [-0.05, 0) is 9.13 Å². The first kappa shape index (κ1) is 29.8. The van der Waals surface area contributed by atoms with Crippen LogP contribution < -0.4 is 18.1 Å². The summed E-state index contributed by atoms with van der Waals surface area (Å²) in [5.74, 6) is 0. The third kappa shape index (κ3) is 2240. The number of hydrogen-bond donors (Lipinski definition) is 2. The van der Waals surface area contributed by atoms with Crippen molar-refractivity contribution in [3.63, 3.8) is 0 Å². The Balaban J connectivity index is -0.0000000293. The summed E-state index contributed by atoms with van der Waals surface area (Å²) >= 11 is -3.50. The minimum absolute atomic E-state index is 0. The first-order valence-electron chi connectivity index (χ1n) is 2.07. The van der Waals surface area contributed by atoms with Crippen molar-refractivity contribution in [1.82, 2.24) is 0 Å². The molecule has 10 nitrogen and oxygen atoms in total. The van der Waals surface area contributed by atoms with Crippen LogP contribution in [0.15, 0.2) is 0 Å². The van der Waals surface area contributed by atoms with E-state index in [2.05, 4.69) is 0 Å². The van der Waals surface area contributed by atoms with Gasteiger partial charge in [0, 0.05) is 0 Å². The molecule has 0 radical (unpaired) electrons. The molecule has 0 aliphatic carbocycles. The van der Waals surface area contributed by atoms with Gasteiger partial charge in [0.2, 0.25) is 0 Å². The zero-order valence-corrected chi connectivity index (χ0v) is 12.4. The van der Waals surface area contributed by atoms with E-state index in [4.69, 9.17) is 44.6 Å². The van der Waals surface area contributed by atoms with E-state index in [9.17, 15) is 0 Å². The monoisotopic (exact) mass is 302 g/mol. The van der Waals surface area contributed by atoms with Gasteiger partial charge < -0.3 is 9.79 Å². The Kier molecular flexibility index (Phi) is 72.0. The summed E-state index contributed by atoms with van der Waals surface area (Å²) in [4.78, 5) is 31.2. The SMILES string of the molecule is O=[P+]([O-])O.O=[P+]([O-])O.[Mg+2].[O]=[Al][O-].[O]=[Al][O-]. The molecular formula is H2Al2MgO10P2. The Morgan fingerprint density at radius 1 is 0.867 bits per heavy atom. The van der Waals surface area contributed by atoms with E-state index in [-0.39, 0.29) is 23.1 Å². The van der Waals surface area contributed by atoms with Crippen LogP contribution in [-0.4, -0.2) is 63.8 Å². The summed E-state index contributed by atoms with van der Waals surface area (Å²) < 4.78 is 51.0. The molecule has 0 aromatic heterocycles. The molecule has 0 spiro atoms. The van der Waals surface area contributed by atoms with Gasteiger partial charge in [-0.15, -0.1) is 0 Å². The molecule has 0 bridgehead atoms. The molecule has 80 valence electrons. The van der Waals surface area contributed by atoms with Gasteiger partial charge in [0.15, 0.2) is 0 Å². The van der Waals surface area contributed by atoms with Gasteiger partial charge in [-0.1, -0.05) is 0 Å². The van der Waals surface area contributed by atoms with Crippen LogP contribution in [0.2, 0.25) is 0 Å². The summed E-state index contributed by atoms with van der Waals surface area (Å²) in [5.41, 5.74) is 0. The normalized spacial score (nSPS) is 6.93. The van der Waals surface area contributed by atoms with Crippen molar-refractivity contribution in [3.8, 4) is 0 Å². The molecule has 0 rings (SSSR count). The molecule has 0 saturated carbocycles. The van der Waals surface area contributed by atoms with Crippen LogP contribution >= 0.6 is 16.5 Å². The van der Waals surface area contributed by atoms with Crippen molar-refractivity contribution in [2.45, 2.75) is 0 Å². The molecule has 0 amide bonds. The Bertz CT molecular complexity index is 134. The second-order valence-electron chi connectivity index (χ2n) is 0.668. The number of hydrogen-bond acceptors (Lipinski definition) is 8. The second kappa shape index (κ2) is 36.3. The molecule has 0 aliphatic heterocycles. The summed E-state index contributed by atoms with van der Waals surface area (Å²) in [6.07, 6.45) is 0. The van der Waals surface area contributed by atoms with Crippen molar-refractivity contribution in [2.75, 3.05) is 0 Å². The molecule has 2 N–H and O–H groups in total. The zero-order chi connectivity index (χ0) is 12.6. The molecule has 2 unspecified atom stereocenters. The van der Waals surface area contributed by atoms with Crippen LogP contribution in [0.3, 0.4) is 0 Å². The summed E-state index contributed by atoms with van der Waals surface area (Å²) in [5, 5.41) is 0. The van der Waals surface area contributed by atoms with Gasteiger partial charge in [0.25, 0.3) is 0 Å². The number of rotatable bonds is 0. The van der Waals surface area contributed by atoms with Crippen LogP contribution in [0.4, 0.5) is 0 Å². The van der Waals surface area contributed by atoms with Crippen molar-refractivity contribution < 1.29 is 44.6 Å². The predicted octanol–water partition coefficient (Wildman–Crippen LogP) is -5.77. The van der Waals surface area contributed by atoms with Crippen LogP contribution in [0.5, 0.6) is 0 Å². The molecule has 15 heavy (non-hydrogen) atoms. The summed E-state index contributed by atoms with van der Waals surface area (Å²) in [7, 11) is -6.24. The van der Waals surface area contributed by atoms with E-state index in [0.717, 1.165) is 0 Å². The van der Waals surface area contributed by atoms with Gasteiger partial charge >= 0.3 is 86.5 Å². The standard InChI is InChI=1S/2Al.Mg.2HO3P.4O/c;;;2*1-4(2)3;;;;/h;;;2*(H,1,2,3);;;;/q;;+2;;;;;2*-1. The molecule has 15 heteroatoms. The molecule has 0 aromatic rings. The molecule has 0 fully saturated rings. The first-order chi connectivity index (χ1) is 6.29. The van der Waals surface area contributed by atoms with Gasteiger partial charge in [0.05, 0.1) is 0 Å². The van der Waals surface area contributed by atoms with Crippen LogP contribution in [-0.2, 0) is 16.7 Å². The van der Waals surface area contributed by atoms with Crippen molar-refractivity contribution in [1.29, 1.82) is 0 Å².